The van der Waals surface area contributed by atoms with E-state index in [4.69, 9.17) is 14.2 Å². The molecule has 1 aromatic carbocycles. The van der Waals surface area contributed by atoms with Crippen LogP contribution in [0.4, 0.5) is 0 Å². The first-order chi connectivity index (χ1) is 14.9. The number of hydrogen-bond acceptors (Lipinski definition) is 7. The molecule has 3 fully saturated rings. The Hall–Kier alpha value is -2.30. The number of nitrogens with zero attached hydrogens (tertiary/aromatic N) is 1. The van der Waals surface area contributed by atoms with Crippen LogP contribution >= 0.6 is 11.8 Å². The van der Waals surface area contributed by atoms with E-state index < -0.39 is 34.3 Å². The number of carboxylic acids is 1. The number of amides is 2. The molecule has 1 aromatic rings. The van der Waals surface area contributed by atoms with E-state index in [9.17, 15) is 19.5 Å². The van der Waals surface area contributed by atoms with Crippen molar-refractivity contribution in [1.82, 2.24) is 10.2 Å². The summed E-state index contributed by atoms with van der Waals surface area (Å²) < 4.78 is 16.9. The minimum Gasteiger partial charge on any atom is -0.484 e. The molecule has 3 atom stereocenters. The smallest absolute Gasteiger partial charge is 0.314 e. The fraction of sp³-hybridized carbons (Fsp3) is 0.571. The Morgan fingerprint density at radius 1 is 1.29 bits per heavy atom. The number of para-hydroxylation sites is 1. The van der Waals surface area contributed by atoms with E-state index in [-0.39, 0.29) is 31.6 Å². The molecule has 168 valence electrons. The third-order valence-electron chi connectivity index (χ3n) is 5.55. The van der Waals surface area contributed by atoms with Gasteiger partial charge in [-0.3, -0.25) is 14.4 Å². The Morgan fingerprint density at radius 3 is 2.68 bits per heavy atom. The van der Waals surface area contributed by atoms with Crippen LogP contribution in [0.15, 0.2) is 30.3 Å². The summed E-state index contributed by atoms with van der Waals surface area (Å²) in [7, 11) is 0. The lowest BCUT2D eigenvalue weighted by Gasteiger charge is -2.59. The summed E-state index contributed by atoms with van der Waals surface area (Å²) >= 11 is 1.30. The lowest BCUT2D eigenvalue weighted by atomic mass is 9.87. The van der Waals surface area contributed by atoms with E-state index in [0.29, 0.717) is 12.4 Å². The quantitative estimate of drug-likeness (QED) is 0.402. The van der Waals surface area contributed by atoms with Gasteiger partial charge in [-0.05, 0) is 31.9 Å². The zero-order chi connectivity index (χ0) is 22.1. The number of thioether (sulfide) groups is 1. The second-order valence-corrected chi connectivity index (χ2v) is 9.09. The molecule has 2 heterocycles. The van der Waals surface area contributed by atoms with Crippen molar-refractivity contribution in [1.29, 1.82) is 0 Å². The van der Waals surface area contributed by atoms with Gasteiger partial charge in [0, 0.05) is 18.9 Å². The van der Waals surface area contributed by atoms with Crippen LogP contribution in [0.25, 0.3) is 0 Å². The number of fused-ring (bicyclic) bond motifs is 1. The molecule has 0 radical (unpaired) electrons. The molecule has 0 bridgehead atoms. The van der Waals surface area contributed by atoms with Crippen molar-refractivity contribution in [2.75, 3.05) is 32.1 Å². The number of aliphatic carboxylic acids is 1. The zero-order valence-corrected chi connectivity index (χ0v) is 18.1. The maximum atomic E-state index is 13.2. The number of nitrogens with one attached hydrogen (secondary N) is 1. The van der Waals surface area contributed by atoms with Crippen LogP contribution in [0.5, 0.6) is 5.75 Å². The highest BCUT2D eigenvalue weighted by atomic mass is 32.2. The van der Waals surface area contributed by atoms with Crippen molar-refractivity contribution >= 4 is 29.5 Å². The maximum Gasteiger partial charge on any atom is 0.314 e. The standard InChI is InChI=1S/C21H26N2O7S/c1-2-28-12-20(19(26)27)11-23-17(25)21(18(23)31-13-20,30-15-8-9-15)22-16(24)10-29-14-6-4-3-5-7-14/h3-7,15,18H,2,8-13H2,1H3,(H,22,24)(H,26,27)/t18-,20?,21?/m1/s1. The number of ether oxygens (including phenoxy) is 3. The van der Waals surface area contributed by atoms with Gasteiger partial charge in [0.1, 0.15) is 16.5 Å². The summed E-state index contributed by atoms with van der Waals surface area (Å²) in [5, 5.41) is 12.0. The van der Waals surface area contributed by atoms with Crippen molar-refractivity contribution in [3.05, 3.63) is 30.3 Å². The molecule has 0 spiro atoms. The Kier molecular flexibility index (Phi) is 6.14. The molecular weight excluding hydrogens is 424 g/mol. The predicted molar refractivity (Wildman–Crippen MR) is 111 cm³/mol. The monoisotopic (exact) mass is 450 g/mol. The number of β-lactam (4-membered cyclic amide) rings is 1. The highest BCUT2D eigenvalue weighted by Crippen LogP contribution is 2.49. The third kappa shape index (κ3) is 4.24. The van der Waals surface area contributed by atoms with E-state index in [1.54, 1.807) is 31.2 Å². The summed E-state index contributed by atoms with van der Waals surface area (Å²) in [6.07, 6.45) is 1.56. The van der Waals surface area contributed by atoms with Crippen molar-refractivity contribution in [2.24, 2.45) is 5.41 Å². The van der Waals surface area contributed by atoms with Crippen molar-refractivity contribution < 1.29 is 33.7 Å². The number of hydrogen-bond donors (Lipinski definition) is 2. The first kappa shape index (κ1) is 21.9. The van der Waals surface area contributed by atoms with Gasteiger partial charge in [0.15, 0.2) is 6.61 Å². The van der Waals surface area contributed by atoms with Crippen LogP contribution in [-0.2, 0) is 23.9 Å². The first-order valence-corrected chi connectivity index (χ1v) is 11.4. The van der Waals surface area contributed by atoms with Gasteiger partial charge in [0.05, 0.1) is 12.7 Å². The van der Waals surface area contributed by atoms with Crippen LogP contribution in [0.1, 0.15) is 19.8 Å². The molecule has 0 aromatic heterocycles. The number of carboxylic acid groups (broad SMARTS) is 1. The van der Waals surface area contributed by atoms with Gasteiger partial charge in [-0.25, -0.2) is 0 Å². The molecule has 2 amide bonds. The molecule has 1 saturated carbocycles. The lowest BCUT2D eigenvalue weighted by molar-refractivity contribution is -0.211. The van der Waals surface area contributed by atoms with E-state index in [1.807, 2.05) is 6.07 Å². The molecule has 2 aliphatic heterocycles. The second-order valence-electron chi connectivity index (χ2n) is 8.02. The van der Waals surface area contributed by atoms with E-state index in [2.05, 4.69) is 5.32 Å². The molecule has 2 saturated heterocycles. The highest BCUT2D eigenvalue weighted by Gasteiger charge is 2.69. The fourth-order valence-electron chi connectivity index (χ4n) is 3.74. The third-order valence-corrected chi connectivity index (χ3v) is 7.17. The average Bonchev–Trinajstić information content (AvgIpc) is 3.60. The number of carbonyl (C=O) groups excluding carboxylic acids is 2. The van der Waals surface area contributed by atoms with E-state index in [1.165, 1.54) is 16.7 Å². The summed E-state index contributed by atoms with van der Waals surface area (Å²) in [5.41, 5.74) is -2.67. The summed E-state index contributed by atoms with van der Waals surface area (Å²) in [6.45, 7) is 1.98. The molecule has 10 heteroatoms. The summed E-state index contributed by atoms with van der Waals surface area (Å²) in [5.74, 6) is -1.09. The molecule has 1 aliphatic carbocycles. The Morgan fingerprint density at radius 2 is 2.03 bits per heavy atom. The Balaban J connectivity index is 1.45. The summed E-state index contributed by atoms with van der Waals surface area (Å²) in [4.78, 5) is 39.2. The van der Waals surface area contributed by atoms with Crippen LogP contribution in [0.2, 0.25) is 0 Å². The molecule has 2 N–H and O–H groups in total. The minimum atomic E-state index is -1.49. The Labute approximate surface area is 184 Å². The van der Waals surface area contributed by atoms with Gasteiger partial charge >= 0.3 is 5.97 Å². The highest BCUT2D eigenvalue weighted by molar-refractivity contribution is 8.00. The SMILES string of the molecule is CCOCC1(C(=O)O)CS[C@H]2N(C1)C(=O)C2(NC(=O)COc1ccccc1)OC1CC1. The number of rotatable bonds is 10. The largest absolute Gasteiger partial charge is 0.484 e. The molecule has 3 aliphatic rings. The number of benzene rings is 1. The van der Waals surface area contributed by atoms with Gasteiger partial charge in [-0.1, -0.05) is 18.2 Å². The molecule has 9 nitrogen and oxygen atoms in total. The van der Waals surface area contributed by atoms with Crippen LogP contribution < -0.4 is 10.1 Å². The zero-order valence-electron chi connectivity index (χ0n) is 17.2. The van der Waals surface area contributed by atoms with Crippen molar-refractivity contribution in [2.45, 2.75) is 37.0 Å². The fourth-order valence-corrected chi connectivity index (χ4v) is 5.31. The van der Waals surface area contributed by atoms with Crippen LogP contribution in [0, 0.1) is 5.41 Å². The molecule has 31 heavy (non-hydrogen) atoms. The molecular formula is C21H26N2O7S. The molecule has 4 rings (SSSR count). The van der Waals surface area contributed by atoms with E-state index >= 15 is 0 Å². The topological polar surface area (TPSA) is 114 Å². The normalized spacial score (nSPS) is 29.6. The van der Waals surface area contributed by atoms with Crippen LogP contribution in [0.3, 0.4) is 0 Å². The Bertz CT molecular complexity index is 849. The average molecular weight is 451 g/mol. The maximum absolute atomic E-state index is 13.2. The van der Waals surface area contributed by atoms with Gasteiger partial charge in [0.25, 0.3) is 17.5 Å². The minimum absolute atomic E-state index is 0.0188. The predicted octanol–water partition coefficient (Wildman–Crippen LogP) is 1.08. The summed E-state index contributed by atoms with van der Waals surface area (Å²) in [6, 6.07) is 8.92. The van der Waals surface area contributed by atoms with Crippen molar-refractivity contribution in [3.8, 4) is 5.75 Å². The first-order valence-electron chi connectivity index (χ1n) is 10.3. The van der Waals surface area contributed by atoms with Crippen molar-refractivity contribution in [3.63, 3.8) is 0 Å². The van der Waals surface area contributed by atoms with Crippen LogP contribution in [-0.4, -0.2) is 77.1 Å². The molecule has 2 unspecified atom stereocenters. The van der Waals surface area contributed by atoms with Gasteiger partial charge in [-0.15, -0.1) is 11.8 Å². The van der Waals surface area contributed by atoms with Gasteiger partial charge in [0.2, 0.25) is 0 Å². The van der Waals surface area contributed by atoms with Gasteiger partial charge < -0.3 is 29.5 Å². The van der Waals surface area contributed by atoms with E-state index in [0.717, 1.165) is 12.8 Å². The lowest BCUT2D eigenvalue weighted by Crippen LogP contribution is -2.83. The van der Waals surface area contributed by atoms with Gasteiger partial charge in [-0.2, -0.15) is 0 Å². The second kappa shape index (κ2) is 8.68. The number of carbonyl (C=O) groups is 3.